The van der Waals surface area contributed by atoms with E-state index in [0.717, 1.165) is 0 Å². The Bertz CT molecular complexity index is 341. The first-order valence-electron chi connectivity index (χ1n) is 5.37. The molecule has 0 aromatic heterocycles. The van der Waals surface area contributed by atoms with Crippen LogP contribution in [0.5, 0.6) is 0 Å². The molecule has 2 fully saturated rings. The molecule has 0 radical (unpaired) electrons. The van der Waals surface area contributed by atoms with Crippen molar-refractivity contribution < 1.29 is 23.9 Å². The van der Waals surface area contributed by atoms with Crippen LogP contribution in [0.2, 0.25) is 0 Å². The number of hydrogen-bond donors (Lipinski definition) is 1. The first kappa shape index (κ1) is 12.0. The van der Waals surface area contributed by atoms with Crippen LogP contribution in [0, 0.1) is 0 Å². The molecule has 2 saturated heterocycles. The number of nitrogens with zero attached hydrogens (tertiary/aromatic N) is 1. The van der Waals surface area contributed by atoms with Gasteiger partial charge in [0, 0.05) is 6.54 Å². The Balaban J connectivity index is 2.02. The van der Waals surface area contributed by atoms with Gasteiger partial charge in [-0.1, -0.05) is 0 Å². The Morgan fingerprint density at radius 3 is 2.65 bits per heavy atom. The van der Waals surface area contributed by atoms with Gasteiger partial charge in [-0.3, -0.25) is 19.3 Å². The maximum absolute atomic E-state index is 11.6. The van der Waals surface area contributed by atoms with E-state index >= 15 is 0 Å². The quantitative estimate of drug-likeness (QED) is 0.458. The molecule has 2 rings (SSSR count). The predicted octanol–water partition coefficient (Wildman–Crippen LogP) is -1.72. The van der Waals surface area contributed by atoms with Gasteiger partial charge in [0.05, 0.1) is 13.2 Å². The molecule has 2 atom stereocenters. The number of rotatable bonds is 2. The van der Waals surface area contributed by atoms with Gasteiger partial charge < -0.3 is 14.8 Å². The molecular weight excluding hydrogens is 228 g/mol. The zero-order valence-electron chi connectivity index (χ0n) is 9.47. The molecular formula is C10H14N2O5. The van der Waals surface area contributed by atoms with Crippen molar-refractivity contribution in [3.63, 3.8) is 0 Å². The third kappa shape index (κ3) is 2.29. The minimum Gasteiger partial charge on any atom is -0.468 e. The highest BCUT2D eigenvalue weighted by atomic mass is 16.5. The van der Waals surface area contributed by atoms with E-state index in [-0.39, 0.29) is 37.0 Å². The summed E-state index contributed by atoms with van der Waals surface area (Å²) in [6, 6.07) is -0.739. The van der Waals surface area contributed by atoms with E-state index in [9.17, 15) is 14.4 Å². The zero-order valence-corrected chi connectivity index (χ0v) is 9.47. The van der Waals surface area contributed by atoms with Crippen molar-refractivity contribution in [1.29, 1.82) is 0 Å². The summed E-state index contributed by atoms with van der Waals surface area (Å²) in [5.41, 5.74) is 0. The van der Waals surface area contributed by atoms with E-state index in [0.29, 0.717) is 13.0 Å². The van der Waals surface area contributed by atoms with Crippen molar-refractivity contribution in [2.45, 2.75) is 18.5 Å². The molecule has 0 spiro atoms. The van der Waals surface area contributed by atoms with Crippen LogP contribution in [0.3, 0.4) is 0 Å². The Labute approximate surface area is 98.0 Å². The van der Waals surface area contributed by atoms with Gasteiger partial charge in [0.1, 0.15) is 19.3 Å². The summed E-state index contributed by atoms with van der Waals surface area (Å²) in [6.07, 6.45) is 0.393. The Hall–Kier alpha value is -1.47. The number of carbonyl (C=O) groups excluding carboxylic acids is 3. The molecule has 0 saturated carbocycles. The average molecular weight is 242 g/mol. The maximum atomic E-state index is 11.6. The van der Waals surface area contributed by atoms with Crippen molar-refractivity contribution in [2.24, 2.45) is 0 Å². The standard InChI is InChI=1S/C10H14N2O5/c1-16-10(15)7-2-6(3-11-7)12-8(13)4-17-5-9(12)14/h6-7,11H,2-5H2,1H3/t6-,7-/m0/s1. The summed E-state index contributed by atoms with van der Waals surface area (Å²) in [5.74, 6) is -1.07. The fourth-order valence-corrected chi connectivity index (χ4v) is 2.15. The van der Waals surface area contributed by atoms with Crippen LogP contribution in [0.25, 0.3) is 0 Å². The summed E-state index contributed by atoms with van der Waals surface area (Å²) in [4.78, 5) is 35.6. The Morgan fingerprint density at radius 2 is 2.06 bits per heavy atom. The number of amides is 2. The highest BCUT2D eigenvalue weighted by Crippen LogP contribution is 2.17. The molecule has 0 aromatic carbocycles. The van der Waals surface area contributed by atoms with Gasteiger partial charge >= 0.3 is 5.97 Å². The maximum Gasteiger partial charge on any atom is 0.322 e. The molecule has 0 bridgehead atoms. The van der Waals surface area contributed by atoms with Crippen molar-refractivity contribution in [2.75, 3.05) is 26.9 Å². The Morgan fingerprint density at radius 1 is 1.41 bits per heavy atom. The normalized spacial score (nSPS) is 29.6. The monoisotopic (exact) mass is 242 g/mol. The molecule has 94 valence electrons. The highest BCUT2D eigenvalue weighted by molar-refractivity contribution is 5.98. The second kappa shape index (κ2) is 4.80. The molecule has 1 N–H and O–H groups in total. The predicted molar refractivity (Wildman–Crippen MR) is 54.9 cm³/mol. The van der Waals surface area contributed by atoms with E-state index in [1.807, 2.05) is 0 Å². The first-order chi connectivity index (χ1) is 8.13. The number of ether oxygens (including phenoxy) is 2. The van der Waals surface area contributed by atoms with Crippen LogP contribution in [0.15, 0.2) is 0 Å². The molecule has 2 heterocycles. The summed E-state index contributed by atoms with van der Waals surface area (Å²) >= 11 is 0. The highest BCUT2D eigenvalue weighted by Gasteiger charge is 2.39. The van der Waals surface area contributed by atoms with Crippen LogP contribution in [-0.4, -0.2) is 61.6 Å². The lowest BCUT2D eigenvalue weighted by molar-refractivity contribution is -0.161. The van der Waals surface area contributed by atoms with Crippen LogP contribution in [0.1, 0.15) is 6.42 Å². The van der Waals surface area contributed by atoms with Crippen molar-refractivity contribution in [1.82, 2.24) is 10.2 Å². The minimum atomic E-state index is -0.451. The third-order valence-corrected chi connectivity index (χ3v) is 2.95. The number of morpholine rings is 1. The van der Waals surface area contributed by atoms with Crippen LogP contribution >= 0.6 is 0 Å². The Kier molecular flexibility index (Phi) is 3.39. The SMILES string of the molecule is COC(=O)[C@@H]1C[C@H](N2C(=O)COCC2=O)CN1. The number of imide groups is 1. The fourth-order valence-electron chi connectivity index (χ4n) is 2.15. The van der Waals surface area contributed by atoms with Gasteiger partial charge in [-0.25, -0.2) is 0 Å². The minimum absolute atomic E-state index is 0.0782. The van der Waals surface area contributed by atoms with E-state index in [4.69, 9.17) is 4.74 Å². The van der Waals surface area contributed by atoms with Crippen LogP contribution < -0.4 is 5.32 Å². The molecule has 2 amide bonds. The van der Waals surface area contributed by atoms with Gasteiger partial charge in [-0.05, 0) is 6.42 Å². The van der Waals surface area contributed by atoms with Gasteiger partial charge in [0.25, 0.3) is 11.8 Å². The van der Waals surface area contributed by atoms with Crippen LogP contribution in [-0.2, 0) is 23.9 Å². The fraction of sp³-hybridized carbons (Fsp3) is 0.700. The smallest absolute Gasteiger partial charge is 0.322 e. The van der Waals surface area contributed by atoms with E-state index in [2.05, 4.69) is 10.1 Å². The van der Waals surface area contributed by atoms with Gasteiger partial charge in [-0.2, -0.15) is 0 Å². The molecule has 0 aromatic rings. The summed E-state index contributed by atoms with van der Waals surface area (Å²) in [6.45, 7) is 0.257. The third-order valence-electron chi connectivity index (χ3n) is 2.95. The largest absolute Gasteiger partial charge is 0.468 e. The molecule has 2 aliphatic rings. The second-order valence-corrected chi connectivity index (χ2v) is 4.02. The number of hydrogen-bond acceptors (Lipinski definition) is 6. The van der Waals surface area contributed by atoms with Gasteiger partial charge in [0.15, 0.2) is 0 Å². The lowest BCUT2D eigenvalue weighted by Crippen LogP contribution is -2.52. The number of esters is 1. The summed E-state index contributed by atoms with van der Waals surface area (Å²) < 4.78 is 9.44. The lowest BCUT2D eigenvalue weighted by atomic mass is 10.1. The van der Waals surface area contributed by atoms with E-state index in [1.54, 1.807) is 0 Å². The zero-order chi connectivity index (χ0) is 12.4. The second-order valence-electron chi connectivity index (χ2n) is 4.02. The first-order valence-corrected chi connectivity index (χ1v) is 5.37. The summed E-state index contributed by atoms with van der Waals surface area (Å²) in [7, 11) is 1.31. The van der Waals surface area contributed by atoms with Gasteiger partial charge in [-0.15, -0.1) is 0 Å². The molecule has 7 heteroatoms. The van der Waals surface area contributed by atoms with Crippen LogP contribution in [0.4, 0.5) is 0 Å². The number of carbonyl (C=O) groups is 3. The van der Waals surface area contributed by atoms with Gasteiger partial charge in [0.2, 0.25) is 0 Å². The van der Waals surface area contributed by atoms with E-state index in [1.165, 1.54) is 12.0 Å². The molecule has 2 aliphatic heterocycles. The van der Waals surface area contributed by atoms with Crippen molar-refractivity contribution in [3.05, 3.63) is 0 Å². The molecule has 17 heavy (non-hydrogen) atoms. The number of methoxy groups -OCH3 is 1. The number of nitrogens with one attached hydrogen (secondary N) is 1. The molecule has 7 nitrogen and oxygen atoms in total. The van der Waals surface area contributed by atoms with E-state index < -0.39 is 6.04 Å². The van der Waals surface area contributed by atoms with Crippen molar-refractivity contribution >= 4 is 17.8 Å². The summed E-state index contributed by atoms with van der Waals surface area (Å²) in [5, 5.41) is 2.93. The lowest BCUT2D eigenvalue weighted by Gasteiger charge is -2.29. The average Bonchev–Trinajstić information content (AvgIpc) is 2.77. The topological polar surface area (TPSA) is 84.9 Å². The molecule has 0 unspecified atom stereocenters. The van der Waals surface area contributed by atoms with Crippen molar-refractivity contribution in [3.8, 4) is 0 Å². The molecule has 0 aliphatic carbocycles.